The van der Waals surface area contributed by atoms with Crippen molar-refractivity contribution in [3.63, 3.8) is 0 Å². The molecule has 2 aliphatic rings. The smallest absolute Gasteiger partial charge is 0.234 e. The van der Waals surface area contributed by atoms with Crippen molar-refractivity contribution >= 4 is 11.8 Å². The number of carbonyl (C=O) groups excluding carboxylic acids is 2. The molecule has 0 bridgehead atoms. The number of nitrogens with one attached hydrogen (secondary N) is 1. The number of para-hydroxylation sites is 1. The van der Waals surface area contributed by atoms with Crippen LogP contribution in [0.3, 0.4) is 0 Å². The van der Waals surface area contributed by atoms with E-state index in [-0.39, 0.29) is 23.3 Å². The monoisotopic (exact) mass is 359 g/mol. The number of fused-ring (bicyclic) bond motifs is 1. The molecule has 2 heterocycles. The first-order valence-corrected chi connectivity index (χ1v) is 9.35. The first kappa shape index (κ1) is 18.7. The van der Waals surface area contributed by atoms with Crippen molar-refractivity contribution < 1.29 is 14.3 Å². The second-order valence-electron chi connectivity index (χ2n) is 8.22. The van der Waals surface area contributed by atoms with Gasteiger partial charge in [0, 0.05) is 31.7 Å². The van der Waals surface area contributed by atoms with Crippen LogP contribution in [0.4, 0.5) is 0 Å². The number of amides is 2. The molecule has 26 heavy (non-hydrogen) atoms. The van der Waals surface area contributed by atoms with Crippen LogP contribution in [0.5, 0.6) is 5.75 Å². The van der Waals surface area contributed by atoms with E-state index in [4.69, 9.17) is 4.74 Å². The summed E-state index contributed by atoms with van der Waals surface area (Å²) in [6.07, 6.45) is 0.739. The van der Waals surface area contributed by atoms with Crippen molar-refractivity contribution in [2.45, 2.75) is 32.7 Å². The fraction of sp³-hybridized carbons (Fsp3) is 0.600. The fourth-order valence-corrected chi connectivity index (χ4v) is 3.53. The van der Waals surface area contributed by atoms with Gasteiger partial charge in [0.1, 0.15) is 12.4 Å². The first-order valence-electron chi connectivity index (χ1n) is 9.35. The van der Waals surface area contributed by atoms with E-state index in [0.29, 0.717) is 26.2 Å². The average molecular weight is 359 g/mol. The zero-order chi connectivity index (χ0) is 18.7. The molecule has 0 spiro atoms. The minimum Gasteiger partial charge on any atom is -0.492 e. The van der Waals surface area contributed by atoms with Crippen LogP contribution in [0.15, 0.2) is 24.3 Å². The lowest BCUT2D eigenvalue weighted by Crippen LogP contribution is -2.54. The van der Waals surface area contributed by atoms with Crippen molar-refractivity contribution in [3.05, 3.63) is 29.8 Å². The Bertz CT molecular complexity index is 661. The number of nitrogens with zero attached hydrogens (tertiary/aromatic N) is 2. The number of carbonyl (C=O) groups is 2. The van der Waals surface area contributed by atoms with Crippen LogP contribution in [-0.4, -0.2) is 66.5 Å². The van der Waals surface area contributed by atoms with Gasteiger partial charge in [0.05, 0.1) is 12.5 Å². The van der Waals surface area contributed by atoms with Crippen molar-refractivity contribution in [3.8, 4) is 5.75 Å². The van der Waals surface area contributed by atoms with Crippen LogP contribution >= 0.6 is 0 Å². The van der Waals surface area contributed by atoms with Gasteiger partial charge in [-0.15, -0.1) is 0 Å². The minimum absolute atomic E-state index is 0.0366. The van der Waals surface area contributed by atoms with E-state index in [1.54, 1.807) is 0 Å². The summed E-state index contributed by atoms with van der Waals surface area (Å²) < 4.78 is 5.76. The summed E-state index contributed by atoms with van der Waals surface area (Å²) >= 11 is 0. The molecule has 1 unspecified atom stereocenters. The number of rotatable bonds is 3. The van der Waals surface area contributed by atoms with Crippen LogP contribution in [0.1, 0.15) is 26.3 Å². The van der Waals surface area contributed by atoms with E-state index in [1.165, 1.54) is 0 Å². The molecule has 2 amide bonds. The molecule has 0 radical (unpaired) electrons. The summed E-state index contributed by atoms with van der Waals surface area (Å²) in [7, 11) is 0. The fourth-order valence-electron chi connectivity index (χ4n) is 3.53. The average Bonchev–Trinajstić information content (AvgIpc) is 2.59. The summed E-state index contributed by atoms with van der Waals surface area (Å²) in [5.74, 6) is 0.986. The van der Waals surface area contributed by atoms with E-state index in [9.17, 15) is 9.59 Å². The van der Waals surface area contributed by atoms with Crippen molar-refractivity contribution in [2.75, 3.05) is 39.3 Å². The third-order valence-electron chi connectivity index (χ3n) is 4.79. The standard InChI is InChI=1S/C20H29N3O3/c1-20(2,3)21-18(24)13-22-8-10-23(11-9-22)19(25)16-12-15-6-4-5-7-17(15)26-14-16/h4-7,16H,8-14H2,1-3H3,(H,21,24). The summed E-state index contributed by atoms with van der Waals surface area (Å²) in [6.45, 7) is 9.56. The lowest BCUT2D eigenvalue weighted by molar-refractivity contribution is -0.138. The summed E-state index contributed by atoms with van der Waals surface area (Å²) in [4.78, 5) is 28.9. The molecule has 142 valence electrons. The molecule has 2 aliphatic heterocycles. The Labute approximate surface area is 155 Å². The van der Waals surface area contributed by atoms with Gasteiger partial charge in [0.2, 0.25) is 11.8 Å². The quantitative estimate of drug-likeness (QED) is 0.884. The molecule has 3 rings (SSSR count). The molecule has 1 saturated heterocycles. The molecule has 0 saturated carbocycles. The van der Waals surface area contributed by atoms with E-state index >= 15 is 0 Å². The highest BCUT2D eigenvalue weighted by Crippen LogP contribution is 2.27. The first-order chi connectivity index (χ1) is 12.3. The second kappa shape index (κ2) is 7.66. The van der Waals surface area contributed by atoms with Gasteiger partial charge >= 0.3 is 0 Å². The third kappa shape index (κ3) is 4.75. The number of hydrogen-bond donors (Lipinski definition) is 1. The van der Waals surface area contributed by atoms with E-state index in [2.05, 4.69) is 10.2 Å². The second-order valence-corrected chi connectivity index (χ2v) is 8.22. The predicted octanol–water partition coefficient (Wildman–Crippen LogP) is 1.30. The Hall–Kier alpha value is -2.08. The zero-order valence-electron chi connectivity index (χ0n) is 16.0. The van der Waals surface area contributed by atoms with Gasteiger partial charge in [-0.3, -0.25) is 14.5 Å². The predicted molar refractivity (Wildman–Crippen MR) is 100 cm³/mol. The van der Waals surface area contributed by atoms with Crippen LogP contribution in [-0.2, 0) is 16.0 Å². The molecule has 1 N–H and O–H groups in total. The summed E-state index contributed by atoms with van der Waals surface area (Å²) in [6, 6.07) is 7.92. The van der Waals surface area contributed by atoms with Gasteiger partial charge in [-0.25, -0.2) is 0 Å². The lowest BCUT2D eigenvalue weighted by atomic mass is 9.95. The Morgan fingerprint density at radius 3 is 2.54 bits per heavy atom. The highest BCUT2D eigenvalue weighted by molar-refractivity contribution is 5.80. The molecule has 6 nitrogen and oxygen atoms in total. The SMILES string of the molecule is CC(C)(C)NC(=O)CN1CCN(C(=O)C2COc3ccccc3C2)CC1. The van der Waals surface area contributed by atoms with Crippen LogP contribution < -0.4 is 10.1 Å². The molecule has 6 heteroatoms. The number of ether oxygens (including phenoxy) is 1. The lowest BCUT2D eigenvalue weighted by Gasteiger charge is -2.37. The Balaban J connectivity index is 1.48. The van der Waals surface area contributed by atoms with Crippen LogP contribution in [0.25, 0.3) is 0 Å². The van der Waals surface area contributed by atoms with Crippen LogP contribution in [0.2, 0.25) is 0 Å². The highest BCUT2D eigenvalue weighted by atomic mass is 16.5. The van der Waals surface area contributed by atoms with Gasteiger partial charge < -0.3 is 15.0 Å². The van der Waals surface area contributed by atoms with Gasteiger partial charge in [0.15, 0.2) is 0 Å². The third-order valence-corrected chi connectivity index (χ3v) is 4.79. The highest BCUT2D eigenvalue weighted by Gasteiger charge is 2.31. The molecular formula is C20H29N3O3. The Morgan fingerprint density at radius 1 is 1.15 bits per heavy atom. The van der Waals surface area contributed by atoms with Crippen LogP contribution in [0, 0.1) is 5.92 Å². The maximum Gasteiger partial charge on any atom is 0.234 e. The maximum absolute atomic E-state index is 12.8. The van der Waals surface area contributed by atoms with E-state index < -0.39 is 0 Å². The van der Waals surface area contributed by atoms with Gasteiger partial charge in [-0.1, -0.05) is 18.2 Å². The number of piperazine rings is 1. The van der Waals surface area contributed by atoms with Crippen molar-refractivity contribution in [2.24, 2.45) is 5.92 Å². The molecule has 0 aliphatic carbocycles. The Kier molecular flexibility index (Phi) is 5.51. The van der Waals surface area contributed by atoms with Gasteiger partial charge in [-0.05, 0) is 38.8 Å². The topological polar surface area (TPSA) is 61.9 Å². The zero-order valence-corrected chi connectivity index (χ0v) is 16.0. The summed E-state index contributed by atoms with van der Waals surface area (Å²) in [5.41, 5.74) is 0.890. The van der Waals surface area contributed by atoms with E-state index in [1.807, 2.05) is 49.9 Å². The Morgan fingerprint density at radius 2 is 1.85 bits per heavy atom. The molecule has 1 aromatic carbocycles. The molecule has 1 atom stereocenters. The normalized spacial score (nSPS) is 20.9. The molecule has 1 aromatic rings. The molecule has 1 fully saturated rings. The molecule has 0 aromatic heterocycles. The molecular weight excluding hydrogens is 330 g/mol. The van der Waals surface area contributed by atoms with Crippen molar-refractivity contribution in [1.82, 2.24) is 15.1 Å². The number of hydrogen-bond acceptors (Lipinski definition) is 4. The summed E-state index contributed by atoms with van der Waals surface area (Å²) in [5, 5.41) is 2.98. The largest absolute Gasteiger partial charge is 0.492 e. The van der Waals surface area contributed by atoms with Gasteiger partial charge in [-0.2, -0.15) is 0 Å². The number of benzene rings is 1. The van der Waals surface area contributed by atoms with E-state index in [0.717, 1.165) is 30.8 Å². The van der Waals surface area contributed by atoms with Crippen molar-refractivity contribution in [1.29, 1.82) is 0 Å². The maximum atomic E-state index is 12.8. The minimum atomic E-state index is -0.216. The van der Waals surface area contributed by atoms with Gasteiger partial charge in [0.25, 0.3) is 0 Å².